The van der Waals surface area contributed by atoms with Crippen LogP contribution in [-0.2, 0) is 9.59 Å². The Morgan fingerprint density at radius 2 is 1.70 bits per heavy atom. The molecule has 7 nitrogen and oxygen atoms in total. The van der Waals surface area contributed by atoms with Crippen LogP contribution in [0.3, 0.4) is 0 Å². The Balaban J connectivity index is 1.87. The molecule has 1 aliphatic carbocycles. The molecule has 2 atom stereocenters. The highest BCUT2D eigenvalue weighted by Gasteiger charge is 2.81. The van der Waals surface area contributed by atoms with Gasteiger partial charge in [-0.1, -0.05) is 0 Å². The lowest BCUT2D eigenvalue weighted by Crippen LogP contribution is -2.34. The maximum absolute atomic E-state index is 12.6. The van der Waals surface area contributed by atoms with E-state index in [0.717, 1.165) is 5.56 Å². The number of methoxy groups -OCH3 is 1. The molecule has 23 heavy (non-hydrogen) atoms. The largest absolute Gasteiger partial charge is 0.496 e. The van der Waals surface area contributed by atoms with E-state index in [1.54, 1.807) is 25.1 Å². The van der Waals surface area contributed by atoms with Crippen molar-refractivity contribution in [1.82, 2.24) is 4.90 Å². The number of fused-ring (bicyclic) bond motifs is 1. The van der Waals surface area contributed by atoms with Crippen molar-refractivity contribution >= 4 is 17.8 Å². The molecule has 1 heterocycles. The smallest absolute Gasteiger partial charge is 0.312 e. The fraction of sp³-hybridized carbons (Fsp3) is 0.438. The van der Waals surface area contributed by atoms with Crippen molar-refractivity contribution in [3.05, 3.63) is 29.3 Å². The zero-order valence-electron chi connectivity index (χ0n) is 12.8. The summed E-state index contributed by atoms with van der Waals surface area (Å²) in [5.41, 5.74) is -1.53. The van der Waals surface area contributed by atoms with E-state index in [4.69, 9.17) is 4.74 Å². The predicted molar refractivity (Wildman–Crippen MR) is 78.4 cm³/mol. The number of ether oxygens (including phenoxy) is 1. The number of hydrogen-bond acceptors (Lipinski definition) is 4. The number of nitrogens with zero attached hydrogens (tertiary/aromatic N) is 1. The third-order valence-corrected chi connectivity index (χ3v) is 5.06. The first kappa shape index (κ1) is 15.3. The maximum Gasteiger partial charge on any atom is 0.312 e. The standard InChI is InChI=1S/C16H17NO6/c1-9-5-10(3-4-11(9)23-2)12(18)17-7-15(13(19)20)6-16(15,8-17)14(21)22/h3-5H,6-8H2,1-2H3,(H,19,20)(H,21,22)/t15-,16+. The second-order valence-corrected chi connectivity index (χ2v) is 6.30. The van der Waals surface area contributed by atoms with Crippen LogP contribution in [0.15, 0.2) is 18.2 Å². The van der Waals surface area contributed by atoms with Crippen molar-refractivity contribution in [3.63, 3.8) is 0 Å². The lowest BCUT2D eigenvalue weighted by molar-refractivity contribution is -0.151. The molecule has 0 aromatic heterocycles. The molecule has 0 radical (unpaired) electrons. The summed E-state index contributed by atoms with van der Waals surface area (Å²) in [6.07, 6.45) is 0.0795. The number of amides is 1. The summed E-state index contributed by atoms with van der Waals surface area (Å²) >= 11 is 0. The highest BCUT2D eigenvalue weighted by Crippen LogP contribution is 2.68. The summed E-state index contributed by atoms with van der Waals surface area (Å²) in [7, 11) is 1.53. The van der Waals surface area contributed by atoms with E-state index < -0.39 is 22.8 Å². The summed E-state index contributed by atoms with van der Waals surface area (Å²) in [5, 5.41) is 18.8. The Bertz CT molecular complexity index is 701. The Morgan fingerprint density at radius 1 is 1.13 bits per heavy atom. The van der Waals surface area contributed by atoms with E-state index in [9.17, 15) is 24.6 Å². The van der Waals surface area contributed by atoms with Gasteiger partial charge in [-0.15, -0.1) is 0 Å². The van der Waals surface area contributed by atoms with Crippen molar-refractivity contribution in [2.24, 2.45) is 10.8 Å². The number of likely N-dealkylation sites (tertiary alicyclic amines) is 1. The molecule has 3 rings (SSSR count). The third-order valence-electron chi connectivity index (χ3n) is 5.06. The lowest BCUT2D eigenvalue weighted by atomic mass is 9.97. The number of benzene rings is 1. The van der Waals surface area contributed by atoms with Gasteiger partial charge in [-0.05, 0) is 37.1 Å². The van der Waals surface area contributed by atoms with Gasteiger partial charge in [0.05, 0.1) is 7.11 Å². The molecule has 0 bridgehead atoms. The molecule has 2 fully saturated rings. The van der Waals surface area contributed by atoms with E-state index in [1.807, 2.05) is 0 Å². The monoisotopic (exact) mass is 319 g/mol. The molecular weight excluding hydrogens is 302 g/mol. The normalized spacial score (nSPS) is 28.2. The second kappa shape index (κ2) is 4.71. The number of hydrogen-bond donors (Lipinski definition) is 2. The minimum Gasteiger partial charge on any atom is -0.496 e. The van der Waals surface area contributed by atoms with Gasteiger partial charge in [-0.2, -0.15) is 0 Å². The molecule has 2 aliphatic rings. The van der Waals surface area contributed by atoms with Crippen LogP contribution in [0.1, 0.15) is 22.3 Å². The zero-order valence-corrected chi connectivity index (χ0v) is 12.8. The van der Waals surface area contributed by atoms with E-state index >= 15 is 0 Å². The van der Waals surface area contributed by atoms with Crippen LogP contribution in [-0.4, -0.2) is 53.2 Å². The molecule has 7 heteroatoms. The maximum atomic E-state index is 12.6. The number of carbonyl (C=O) groups excluding carboxylic acids is 1. The molecule has 1 amide bonds. The van der Waals surface area contributed by atoms with Crippen LogP contribution in [0.5, 0.6) is 5.75 Å². The number of aryl methyl sites for hydroxylation is 1. The summed E-state index contributed by atoms with van der Waals surface area (Å²) in [6.45, 7) is 1.66. The zero-order chi connectivity index (χ0) is 17.0. The van der Waals surface area contributed by atoms with Gasteiger partial charge >= 0.3 is 11.9 Å². The first-order valence-corrected chi connectivity index (χ1v) is 7.18. The van der Waals surface area contributed by atoms with Crippen LogP contribution in [0, 0.1) is 17.8 Å². The number of rotatable bonds is 4. The molecule has 1 aliphatic heterocycles. The van der Waals surface area contributed by atoms with Crippen LogP contribution >= 0.6 is 0 Å². The van der Waals surface area contributed by atoms with Gasteiger partial charge in [0.25, 0.3) is 5.91 Å². The molecule has 0 spiro atoms. The van der Waals surface area contributed by atoms with Crippen LogP contribution < -0.4 is 4.74 Å². The highest BCUT2D eigenvalue weighted by atomic mass is 16.5. The van der Waals surface area contributed by atoms with Crippen LogP contribution in [0.25, 0.3) is 0 Å². The molecule has 1 aromatic rings. The lowest BCUT2D eigenvalue weighted by Gasteiger charge is -2.20. The predicted octanol–water partition coefficient (Wildman–Crippen LogP) is 1.01. The van der Waals surface area contributed by atoms with Crippen molar-refractivity contribution in [3.8, 4) is 5.75 Å². The molecule has 122 valence electrons. The van der Waals surface area contributed by atoms with Crippen molar-refractivity contribution in [2.75, 3.05) is 20.2 Å². The van der Waals surface area contributed by atoms with E-state index in [0.29, 0.717) is 11.3 Å². The summed E-state index contributed by atoms with van der Waals surface area (Å²) in [5.74, 6) is -2.01. The van der Waals surface area contributed by atoms with E-state index in [2.05, 4.69) is 0 Å². The molecule has 0 unspecified atom stereocenters. The minimum absolute atomic E-state index is 0.0709. The van der Waals surface area contributed by atoms with Crippen LogP contribution in [0.4, 0.5) is 0 Å². The molecule has 2 N–H and O–H groups in total. The van der Waals surface area contributed by atoms with Crippen molar-refractivity contribution < 1.29 is 29.3 Å². The fourth-order valence-electron chi connectivity index (χ4n) is 3.63. The quantitative estimate of drug-likeness (QED) is 0.858. The van der Waals surface area contributed by atoms with Gasteiger partial charge in [-0.3, -0.25) is 14.4 Å². The van der Waals surface area contributed by atoms with Gasteiger partial charge in [0.1, 0.15) is 16.6 Å². The number of piperidine rings is 1. The molecular formula is C16H17NO6. The Hall–Kier alpha value is -2.57. The van der Waals surface area contributed by atoms with E-state index in [-0.39, 0.29) is 25.4 Å². The number of carboxylic acid groups (broad SMARTS) is 2. The SMILES string of the molecule is COc1ccc(C(=O)N2C[C@@]3(C(=O)O)C[C@@]3(C(=O)O)C2)cc1C. The molecule has 1 aromatic carbocycles. The summed E-state index contributed by atoms with van der Waals surface area (Å²) in [4.78, 5) is 36.9. The van der Waals surface area contributed by atoms with Gasteiger partial charge in [0.2, 0.25) is 0 Å². The average molecular weight is 319 g/mol. The topological polar surface area (TPSA) is 104 Å². The van der Waals surface area contributed by atoms with E-state index in [1.165, 1.54) is 12.0 Å². The Kier molecular flexibility index (Phi) is 3.14. The van der Waals surface area contributed by atoms with Crippen molar-refractivity contribution in [1.29, 1.82) is 0 Å². The van der Waals surface area contributed by atoms with Gasteiger partial charge in [0, 0.05) is 18.7 Å². The number of aliphatic carboxylic acids is 2. The van der Waals surface area contributed by atoms with Crippen LogP contribution in [0.2, 0.25) is 0 Å². The summed E-state index contributed by atoms with van der Waals surface area (Å²) in [6, 6.07) is 4.92. The van der Waals surface area contributed by atoms with Crippen molar-refractivity contribution in [2.45, 2.75) is 13.3 Å². The first-order chi connectivity index (χ1) is 10.8. The minimum atomic E-state index is -1.35. The van der Waals surface area contributed by atoms with Gasteiger partial charge in [0.15, 0.2) is 0 Å². The number of carboxylic acids is 2. The Morgan fingerprint density at radius 3 is 2.13 bits per heavy atom. The molecule has 1 saturated carbocycles. The second-order valence-electron chi connectivity index (χ2n) is 6.30. The Labute approximate surface area is 132 Å². The number of carbonyl (C=O) groups is 3. The van der Waals surface area contributed by atoms with Gasteiger partial charge in [-0.25, -0.2) is 0 Å². The fourth-order valence-corrected chi connectivity index (χ4v) is 3.63. The first-order valence-electron chi connectivity index (χ1n) is 7.18. The third kappa shape index (κ3) is 1.92. The average Bonchev–Trinajstić information content (AvgIpc) is 3.05. The van der Waals surface area contributed by atoms with Gasteiger partial charge < -0.3 is 19.8 Å². The summed E-state index contributed by atoms with van der Waals surface area (Å²) < 4.78 is 5.14. The molecule has 1 saturated heterocycles. The highest BCUT2D eigenvalue weighted by molar-refractivity contribution is 6.00.